The van der Waals surface area contributed by atoms with Crippen molar-refractivity contribution in [3.63, 3.8) is 0 Å². The molecule has 1 unspecified atom stereocenters. The van der Waals surface area contributed by atoms with E-state index >= 15 is 0 Å². The molecule has 2 aliphatic rings. The van der Waals surface area contributed by atoms with E-state index in [-0.39, 0.29) is 17.6 Å². The van der Waals surface area contributed by atoms with Crippen LogP contribution in [0.25, 0.3) is 0 Å². The smallest absolute Gasteiger partial charge is 0.137 e. The molecule has 3 nitrogen and oxygen atoms in total. The fraction of sp³-hybridized carbons (Fsp3) is 0.429. The van der Waals surface area contributed by atoms with Gasteiger partial charge in [0.1, 0.15) is 17.2 Å². The number of nitrogens with zero attached hydrogens (tertiary/aromatic N) is 2. The maximum Gasteiger partial charge on any atom is 0.137 e. The maximum atomic E-state index is 13.5. The van der Waals surface area contributed by atoms with Gasteiger partial charge in [0, 0.05) is 25.0 Å². The average molecular weight is 548 g/mol. The lowest BCUT2D eigenvalue weighted by Gasteiger charge is -2.38. The van der Waals surface area contributed by atoms with E-state index in [1.165, 1.54) is 24.3 Å². The molecule has 1 N–H and O–H groups in total. The lowest BCUT2D eigenvalue weighted by molar-refractivity contribution is 0.154. The molecule has 40 heavy (non-hydrogen) atoms. The normalized spacial score (nSPS) is 19.1. The first-order chi connectivity index (χ1) is 19.3. The van der Waals surface area contributed by atoms with Crippen molar-refractivity contribution >= 4 is 0 Å². The fourth-order valence-electron chi connectivity index (χ4n) is 5.40. The Morgan fingerprint density at radius 1 is 0.950 bits per heavy atom. The Morgan fingerprint density at radius 3 is 1.93 bits per heavy atom. The quantitative estimate of drug-likeness (QED) is 0.352. The van der Waals surface area contributed by atoms with Crippen LogP contribution in [0.2, 0.25) is 0 Å². The predicted molar refractivity (Wildman–Crippen MR) is 166 cm³/mol. The van der Waals surface area contributed by atoms with Crippen LogP contribution in [0.15, 0.2) is 85.9 Å². The minimum Gasteiger partial charge on any atom is -0.351 e. The molecule has 0 amide bonds. The summed E-state index contributed by atoms with van der Waals surface area (Å²) in [7, 11) is 0. The van der Waals surface area contributed by atoms with Gasteiger partial charge < -0.3 is 15.1 Å². The summed E-state index contributed by atoms with van der Waals surface area (Å²) >= 11 is 0. The van der Waals surface area contributed by atoms with Gasteiger partial charge in [-0.25, -0.2) is 8.78 Å². The molecule has 2 aromatic rings. The van der Waals surface area contributed by atoms with Crippen LogP contribution < -0.4 is 5.32 Å². The fourth-order valence-corrected chi connectivity index (χ4v) is 5.40. The highest BCUT2D eigenvalue weighted by molar-refractivity contribution is 5.41. The first kappa shape index (κ1) is 32.8. The Morgan fingerprint density at radius 2 is 1.45 bits per heavy atom. The van der Waals surface area contributed by atoms with Gasteiger partial charge in [0.15, 0.2) is 0 Å². The number of allylic oxidation sites excluding steroid dienone is 1. The van der Waals surface area contributed by atoms with E-state index in [0.29, 0.717) is 6.04 Å². The summed E-state index contributed by atoms with van der Waals surface area (Å²) in [5.41, 5.74) is 2.55. The molecule has 0 bridgehead atoms. The van der Waals surface area contributed by atoms with Crippen molar-refractivity contribution < 1.29 is 8.78 Å². The van der Waals surface area contributed by atoms with Gasteiger partial charge in [0.2, 0.25) is 0 Å². The van der Waals surface area contributed by atoms with Crippen LogP contribution in [-0.4, -0.2) is 41.0 Å². The summed E-state index contributed by atoms with van der Waals surface area (Å²) in [6.07, 6.45) is 5.58. The highest BCUT2D eigenvalue weighted by Gasteiger charge is 2.42. The molecule has 0 aliphatic carbocycles. The highest BCUT2D eigenvalue weighted by Crippen LogP contribution is 2.35. The number of halogens is 2. The first-order valence-corrected chi connectivity index (χ1v) is 14.6. The molecule has 2 saturated heterocycles. The van der Waals surface area contributed by atoms with Crippen LogP contribution in [0.4, 0.5) is 8.78 Å². The first-order valence-electron chi connectivity index (χ1n) is 14.6. The second kappa shape index (κ2) is 16.0. The molecule has 1 atom stereocenters. The summed E-state index contributed by atoms with van der Waals surface area (Å²) in [5.74, 6) is 6.64. The number of hydrogen-bond acceptors (Lipinski definition) is 3. The third kappa shape index (κ3) is 8.32. The molecule has 5 heteroatoms. The molecule has 0 saturated carbocycles. The zero-order valence-corrected chi connectivity index (χ0v) is 25.1. The zero-order chi connectivity index (χ0) is 29.7. The van der Waals surface area contributed by atoms with E-state index < -0.39 is 5.54 Å². The third-order valence-corrected chi connectivity index (χ3v) is 7.41. The van der Waals surface area contributed by atoms with Gasteiger partial charge in [-0.05, 0) is 80.6 Å². The third-order valence-electron chi connectivity index (χ3n) is 7.41. The molecule has 2 aromatic carbocycles. The summed E-state index contributed by atoms with van der Waals surface area (Å²) in [5, 5.41) is 3.41. The zero-order valence-electron chi connectivity index (χ0n) is 25.1. The molecule has 4 rings (SSSR count). The number of rotatable bonds is 7. The summed E-state index contributed by atoms with van der Waals surface area (Å²) < 4.78 is 27.0. The number of hydrogen-bond donors (Lipinski definition) is 1. The van der Waals surface area contributed by atoms with Crippen molar-refractivity contribution in [3.8, 4) is 11.8 Å². The summed E-state index contributed by atoms with van der Waals surface area (Å²) in [6, 6.07) is 13.7. The average Bonchev–Trinajstić information content (AvgIpc) is 3.21. The van der Waals surface area contributed by atoms with E-state index in [2.05, 4.69) is 46.7 Å². The lowest BCUT2D eigenvalue weighted by atomic mass is 9.87. The van der Waals surface area contributed by atoms with Gasteiger partial charge >= 0.3 is 0 Å². The van der Waals surface area contributed by atoms with Crippen molar-refractivity contribution in [2.75, 3.05) is 19.6 Å². The second-order valence-corrected chi connectivity index (χ2v) is 9.86. The van der Waals surface area contributed by atoms with E-state index in [1.807, 2.05) is 58.9 Å². The van der Waals surface area contributed by atoms with E-state index in [9.17, 15) is 8.78 Å². The lowest BCUT2D eigenvalue weighted by Crippen LogP contribution is -2.43. The van der Waals surface area contributed by atoms with Crippen LogP contribution >= 0.6 is 0 Å². The molecular formula is C35H47F2N3. The molecular weight excluding hydrogens is 500 g/mol. The minimum absolute atomic E-state index is 0.111. The monoisotopic (exact) mass is 547 g/mol. The van der Waals surface area contributed by atoms with Crippen molar-refractivity contribution in [2.45, 2.75) is 77.8 Å². The largest absolute Gasteiger partial charge is 0.351 e. The van der Waals surface area contributed by atoms with E-state index in [0.717, 1.165) is 68.0 Å². The van der Waals surface area contributed by atoms with Gasteiger partial charge in [0.05, 0.1) is 11.5 Å². The summed E-state index contributed by atoms with van der Waals surface area (Å²) in [6.45, 7) is 25.3. The van der Waals surface area contributed by atoms with Gasteiger partial charge in [-0.1, -0.05) is 83.5 Å². The van der Waals surface area contributed by atoms with Gasteiger partial charge in [-0.15, -0.1) is 0 Å². The summed E-state index contributed by atoms with van der Waals surface area (Å²) in [4.78, 5) is 4.74. The second-order valence-electron chi connectivity index (χ2n) is 9.86. The number of likely N-dealkylation sites (tertiary alicyclic amines) is 1. The van der Waals surface area contributed by atoms with E-state index in [1.54, 1.807) is 6.08 Å². The predicted octanol–water partition coefficient (Wildman–Crippen LogP) is 8.23. The van der Waals surface area contributed by atoms with Crippen LogP contribution in [0.5, 0.6) is 0 Å². The molecule has 0 radical (unpaired) electrons. The van der Waals surface area contributed by atoms with Gasteiger partial charge in [0.25, 0.3) is 0 Å². The van der Waals surface area contributed by atoms with Crippen LogP contribution in [0.1, 0.15) is 77.3 Å². The van der Waals surface area contributed by atoms with Gasteiger partial charge in [-0.3, -0.25) is 0 Å². The maximum absolute atomic E-state index is 13.5. The number of nitrogens with one attached hydrogen (secondary N) is 1. The molecule has 2 fully saturated rings. The molecule has 2 heterocycles. The Labute approximate surface area is 241 Å². The molecule has 0 aromatic heterocycles. The molecule has 0 spiro atoms. The van der Waals surface area contributed by atoms with Crippen molar-refractivity contribution in [1.29, 1.82) is 0 Å². The Hall–Kier alpha value is -3.36. The topological polar surface area (TPSA) is 18.5 Å². The Balaban J connectivity index is 0.00000134. The van der Waals surface area contributed by atoms with Crippen molar-refractivity contribution in [3.05, 3.63) is 109 Å². The number of piperidine rings is 1. The van der Waals surface area contributed by atoms with Crippen molar-refractivity contribution in [2.24, 2.45) is 0 Å². The SMILES string of the molecule is C=CC#CC1(C)NC(=C)N(C2CCN(CCCC(c3ccc(F)cc3)c3ccc(F)cc3)CC2)C1=C.CC.CC. The number of benzene rings is 2. The van der Waals surface area contributed by atoms with E-state index in [4.69, 9.17) is 0 Å². The van der Waals surface area contributed by atoms with Crippen LogP contribution in [0, 0.1) is 23.5 Å². The standard InChI is InChI=1S/C31H35F2N3.2C2H6/c1-5-6-19-31(4)23(2)36(24(3)34-31)29-17-21-35(22-18-29)20-7-8-30(25-9-13-27(32)14-10-25)26-11-15-28(33)16-12-26;2*1-2/h5,9-16,29-30,34H,1-3,7-8,17-18,20-22H2,4H3;2*1-2H3. The Kier molecular flexibility index (Phi) is 13.2. The van der Waals surface area contributed by atoms with Crippen LogP contribution in [0.3, 0.4) is 0 Å². The van der Waals surface area contributed by atoms with Crippen LogP contribution in [-0.2, 0) is 0 Å². The minimum atomic E-state index is -0.516. The van der Waals surface area contributed by atoms with Crippen molar-refractivity contribution in [1.82, 2.24) is 15.1 Å². The molecule has 216 valence electrons. The van der Waals surface area contributed by atoms with Gasteiger partial charge in [-0.2, -0.15) is 0 Å². The molecule has 2 aliphatic heterocycles. The Bertz CT molecular complexity index is 1110. The highest BCUT2D eigenvalue weighted by atomic mass is 19.1.